The molecule has 0 radical (unpaired) electrons. The summed E-state index contributed by atoms with van der Waals surface area (Å²) < 4.78 is 6.38. The number of nitrogens with zero attached hydrogens (tertiary/aromatic N) is 2. The third-order valence-corrected chi connectivity index (χ3v) is 5.91. The van der Waals surface area contributed by atoms with E-state index in [4.69, 9.17) is 4.74 Å². The highest BCUT2D eigenvalue weighted by Crippen LogP contribution is 2.31. The number of likely N-dealkylation sites (tertiary alicyclic amines) is 1. The second kappa shape index (κ2) is 8.40. The van der Waals surface area contributed by atoms with Crippen LogP contribution in [0.3, 0.4) is 0 Å². The summed E-state index contributed by atoms with van der Waals surface area (Å²) in [5.74, 6) is 0.972. The molecule has 0 aliphatic carbocycles. The molecule has 0 aromatic heterocycles. The van der Waals surface area contributed by atoms with Crippen molar-refractivity contribution in [3.05, 3.63) is 29.8 Å². The summed E-state index contributed by atoms with van der Waals surface area (Å²) in [6.45, 7) is 11.9. The Kier molecular flexibility index (Phi) is 6.20. The zero-order valence-corrected chi connectivity index (χ0v) is 16.5. The molecule has 1 aromatic rings. The fourth-order valence-corrected chi connectivity index (χ4v) is 4.27. The summed E-state index contributed by atoms with van der Waals surface area (Å²) in [5, 5.41) is 3.37. The van der Waals surface area contributed by atoms with E-state index in [2.05, 4.69) is 31.0 Å². The van der Waals surface area contributed by atoms with Gasteiger partial charge in [0.05, 0.1) is 0 Å². The van der Waals surface area contributed by atoms with Gasteiger partial charge >= 0.3 is 0 Å². The van der Waals surface area contributed by atoms with E-state index in [1.165, 1.54) is 5.56 Å². The zero-order valence-electron chi connectivity index (χ0n) is 16.5. The van der Waals surface area contributed by atoms with Crippen molar-refractivity contribution in [1.29, 1.82) is 0 Å². The molecule has 2 fully saturated rings. The highest BCUT2D eigenvalue weighted by Gasteiger charge is 2.46. The number of likely N-dealkylation sites (N-methyl/N-ethyl adjacent to an activating group) is 1. The first-order valence-corrected chi connectivity index (χ1v) is 10.1. The average molecular weight is 360 g/mol. The van der Waals surface area contributed by atoms with E-state index in [0.717, 1.165) is 64.3 Å². The number of benzene rings is 1. The van der Waals surface area contributed by atoms with Gasteiger partial charge in [-0.2, -0.15) is 0 Å². The molecule has 0 bridgehead atoms. The summed E-state index contributed by atoms with van der Waals surface area (Å²) in [5.41, 5.74) is 0.475. The number of hydrogen-bond donors (Lipinski definition) is 1. The fraction of sp³-hybridized carbons (Fsp3) is 0.667. The minimum atomic E-state index is -0.724. The topological polar surface area (TPSA) is 44.8 Å². The molecule has 2 aliphatic heterocycles. The van der Waals surface area contributed by atoms with Crippen LogP contribution in [0.1, 0.15) is 38.7 Å². The SMILES string of the molecule is CCN(CC)[C@H]1CCN(C(=O)C2(Oc3ccc(C)cc3)CCNCC2)C1. The van der Waals surface area contributed by atoms with Crippen LogP contribution in [-0.4, -0.2) is 66.6 Å². The van der Waals surface area contributed by atoms with E-state index >= 15 is 0 Å². The van der Waals surface area contributed by atoms with Crippen LogP contribution in [0.5, 0.6) is 5.75 Å². The molecule has 1 amide bonds. The van der Waals surface area contributed by atoms with E-state index in [9.17, 15) is 4.79 Å². The Morgan fingerprint density at radius 2 is 1.88 bits per heavy atom. The quantitative estimate of drug-likeness (QED) is 0.847. The number of ether oxygens (including phenoxy) is 1. The summed E-state index contributed by atoms with van der Waals surface area (Å²) in [6, 6.07) is 8.53. The molecule has 0 unspecified atom stereocenters. The highest BCUT2D eigenvalue weighted by molar-refractivity contribution is 5.86. The van der Waals surface area contributed by atoms with Crippen LogP contribution in [0.4, 0.5) is 0 Å². The van der Waals surface area contributed by atoms with E-state index in [0.29, 0.717) is 6.04 Å². The van der Waals surface area contributed by atoms with Gasteiger partial charge in [0, 0.05) is 32.0 Å². The lowest BCUT2D eigenvalue weighted by molar-refractivity contribution is -0.149. The van der Waals surface area contributed by atoms with Crippen molar-refractivity contribution in [3.8, 4) is 5.75 Å². The van der Waals surface area contributed by atoms with Crippen molar-refractivity contribution in [2.45, 2.75) is 51.7 Å². The number of carbonyl (C=O) groups excluding carboxylic acids is 1. The molecule has 1 atom stereocenters. The number of piperidine rings is 1. The molecule has 5 heteroatoms. The molecule has 1 N–H and O–H groups in total. The second-order valence-corrected chi connectivity index (χ2v) is 7.57. The smallest absolute Gasteiger partial charge is 0.266 e. The highest BCUT2D eigenvalue weighted by atomic mass is 16.5. The third-order valence-electron chi connectivity index (χ3n) is 5.91. The van der Waals surface area contributed by atoms with E-state index < -0.39 is 5.60 Å². The van der Waals surface area contributed by atoms with Crippen LogP contribution in [0.2, 0.25) is 0 Å². The van der Waals surface area contributed by atoms with Crippen LogP contribution in [0.15, 0.2) is 24.3 Å². The number of nitrogens with one attached hydrogen (secondary N) is 1. The minimum Gasteiger partial charge on any atom is -0.477 e. The average Bonchev–Trinajstić information content (AvgIpc) is 3.14. The predicted octanol–water partition coefficient (Wildman–Crippen LogP) is 2.44. The first-order valence-electron chi connectivity index (χ1n) is 10.1. The number of carbonyl (C=O) groups is 1. The zero-order chi connectivity index (χ0) is 18.6. The Hall–Kier alpha value is -1.59. The maximum absolute atomic E-state index is 13.5. The van der Waals surface area contributed by atoms with Crippen LogP contribution in [0.25, 0.3) is 0 Å². The summed E-state index contributed by atoms with van der Waals surface area (Å²) in [4.78, 5) is 18.0. The standard InChI is InChI=1S/C21H33N3O2/c1-4-23(5-2)18-10-15-24(16-18)20(25)21(11-13-22-14-12-21)26-19-8-6-17(3)7-9-19/h6-9,18,22H,4-5,10-16H2,1-3H3/t18-/m0/s1. The number of rotatable bonds is 6. The first-order chi connectivity index (χ1) is 12.6. The second-order valence-electron chi connectivity index (χ2n) is 7.57. The normalized spacial score (nSPS) is 22.6. The Morgan fingerprint density at radius 3 is 2.50 bits per heavy atom. The Bertz CT molecular complexity index is 592. The third kappa shape index (κ3) is 4.04. The van der Waals surface area contributed by atoms with E-state index in [1.54, 1.807) is 0 Å². The molecular weight excluding hydrogens is 326 g/mol. The van der Waals surface area contributed by atoms with E-state index in [-0.39, 0.29) is 5.91 Å². The molecule has 3 rings (SSSR count). The van der Waals surface area contributed by atoms with Crippen molar-refractivity contribution >= 4 is 5.91 Å². The van der Waals surface area contributed by atoms with Crippen LogP contribution in [-0.2, 0) is 4.79 Å². The summed E-state index contributed by atoms with van der Waals surface area (Å²) in [6.07, 6.45) is 2.52. The van der Waals surface area contributed by atoms with Gasteiger partial charge in [-0.1, -0.05) is 31.5 Å². The number of amides is 1. The van der Waals surface area contributed by atoms with E-state index in [1.807, 2.05) is 29.2 Å². The molecule has 0 saturated carbocycles. The summed E-state index contributed by atoms with van der Waals surface area (Å²) >= 11 is 0. The largest absolute Gasteiger partial charge is 0.477 e. The molecule has 144 valence electrons. The van der Waals surface area contributed by atoms with Crippen molar-refractivity contribution in [3.63, 3.8) is 0 Å². The maximum Gasteiger partial charge on any atom is 0.266 e. The molecule has 26 heavy (non-hydrogen) atoms. The fourth-order valence-electron chi connectivity index (χ4n) is 4.27. The van der Waals surface area contributed by atoms with Crippen LogP contribution in [0, 0.1) is 6.92 Å². The van der Waals surface area contributed by atoms with Gasteiger partial charge < -0.3 is 15.0 Å². The van der Waals surface area contributed by atoms with Crippen LogP contribution < -0.4 is 10.1 Å². The van der Waals surface area contributed by atoms with Gasteiger partial charge in [0.1, 0.15) is 5.75 Å². The maximum atomic E-state index is 13.5. The van der Waals surface area contributed by atoms with Crippen molar-refractivity contribution in [2.24, 2.45) is 0 Å². The molecule has 5 nitrogen and oxygen atoms in total. The van der Waals surface area contributed by atoms with Gasteiger partial charge in [-0.05, 0) is 51.7 Å². The van der Waals surface area contributed by atoms with Crippen molar-refractivity contribution in [2.75, 3.05) is 39.3 Å². The van der Waals surface area contributed by atoms with Crippen molar-refractivity contribution < 1.29 is 9.53 Å². The Morgan fingerprint density at radius 1 is 1.23 bits per heavy atom. The van der Waals surface area contributed by atoms with Gasteiger partial charge in [0.25, 0.3) is 5.91 Å². The molecular formula is C21H33N3O2. The molecule has 1 aromatic carbocycles. The number of hydrogen-bond acceptors (Lipinski definition) is 4. The van der Waals surface area contributed by atoms with Crippen molar-refractivity contribution in [1.82, 2.24) is 15.1 Å². The van der Waals surface area contributed by atoms with Crippen LogP contribution >= 0.6 is 0 Å². The molecule has 2 heterocycles. The van der Waals surface area contributed by atoms with Gasteiger partial charge in [0.15, 0.2) is 5.60 Å². The Balaban J connectivity index is 1.75. The monoisotopic (exact) mass is 359 g/mol. The van der Waals surface area contributed by atoms with Gasteiger partial charge in [-0.15, -0.1) is 0 Å². The lowest BCUT2D eigenvalue weighted by atomic mass is 9.90. The van der Waals surface area contributed by atoms with Gasteiger partial charge in [0.2, 0.25) is 0 Å². The molecule has 2 aliphatic rings. The van der Waals surface area contributed by atoms with Gasteiger partial charge in [-0.3, -0.25) is 9.69 Å². The molecule has 0 spiro atoms. The Labute approximate surface area is 157 Å². The predicted molar refractivity (Wildman–Crippen MR) is 105 cm³/mol. The van der Waals surface area contributed by atoms with Gasteiger partial charge in [-0.25, -0.2) is 0 Å². The first kappa shape index (κ1) is 19.2. The number of aryl methyl sites for hydroxylation is 1. The molecule has 2 saturated heterocycles. The summed E-state index contributed by atoms with van der Waals surface area (Å²) in [7, 11) is 0. The minimum absolute atomic E-state index is 0.175. The lowest BCUT2D eigenvalue weighted by Gasteiger charge is -2.39. The lowest BCUT2D eigenvalue weighted by Crippen LogP contribution is -2.57.